The van der Waals surface area contributed by atoms with Crippen molar-refractivity contribution in [3.05, 3.63) is 53.4 Å². The Bertz CT molecular complexity index is 609. The Hall–Kier alpha value is -2.27. The number of hydrazone groups is 1. The molecule has 1 unspecified atom stereocenters. The van der Waals surface area contributed by atoms with E-state index in [1.807, 2.05) is 6.92 Å². The van der Waals surface area contributed by atoms with Crippen molar-refractivity contribution in [2.45, 2.75) is 25.9 Å². The maximum atomic E-state index is 12.1. The van der Waals surface area contributed by atoms with E-state index in [0.29, 0.717) is 23.0 Å². The Balaban J connectivity index is 1.94. The quantitative estimate of drug-likeness (QED) is 0.626. The van der Waals surface area contributed by atoms with Crippen molar-refractivity contribution >= 4 is 23.7 Å². The van der Waals surface area contributed by atoms with Gasteiger partial charge >= 0.3 is 0 Å². The molecule has 1 heterocycles. The van der Waals surface area contributed by atoms with E-state index in [4.69, 9.17) is 20.8 Å². The summed E-state index contributed by atoms with van der Waals surface area (Å²) in [5.74, 6) is 0.846. The van der Waals surface area contributed by atoms with Crippen LogP contribution in [0.3, 0.4) is 0 Å². The van der Waals surface area contributed by atoms with E-state index in [1.165, 1.54) is 12.5 Å². The summed E-state index contributed by atoms with van der Waals surface area (Å²) in [6.07, 6.45) is 3.76. The summed E-state index contributed by atoms with van der Waals surface area (Å²) in [5, 5.41) is 4.47. The Labute approximate surface area is 133 Å². The lowest BCUT2D eigenvalue weighted by atomic mass is 10.2. The molecule has 1 atom stereocenters. The fourth-order valence-corrected chi connectivity index (χ4v) is 1.91. The number of rotatable bonds is 7. The van der Waals surface area contributed by atoms with E-state index in [2.05, 4.69) is 10.5 Å². The van der Waals surface area contributed by atoms with Crippen LogP contribution in [0.4, 0.5) is 0 Å². The topological polar surface area (TPSA) is 63.8 Å². The lowest BCUT2D eigenvalue weighted by Crippen LogP contribution is -2.35. The van der Waals surface area contributed by atoms with Crippen LogP contribution in [-0.2, 0) is 4.79 Å². The number of benzene rings is 1. The van der Waals surface area contributed by atoms with Crippen LogP contribution in [0.25, 0.3) is 0 Å². The molecule has 0 spiro atoms. The van der Waals surface area contributed by atoms with Gasteiger partial charge in [0.15, 0.2) is 6.10 Å². The third kappa shape index (κ3) is 4.93. The second-order valence-electron chi connectivity index (χ2n) is 4.60. The molecule has 0 saturated heterocycles. The predicted octanol–water partition coefficient (Wildman–Crippen LogP) is 3.63. The molecular weight excluding hydrogens is 304 g/mol. The highest BCUT2D eigenvalue weighted by molar-refractivity contribution is 6.30. The smallest absolute Gasteiger partial charge is 0.281 e. The van der Waals surface area contributed by atoms with Gasteiger partial charge in [0.1, 0.15) is 11.5 Å². The first-order valence-electron chi connectivity index (χ1n) is 6.97. The van der Waals surface area contributed by atoms with Crippen molar-refractivity contribution in [2.75, 3.05) is 0 Å². The Morgan fingerprint density at radius 3 is 2.82 bits per heavy atom. The van der Waals surface area contributed by atoms with E-state index in [-0.39, 0.29) is 5.91 Å². The molecule has 0 bridgehead atoms. The zero-order chi connectivity index (χ0) is 15.8. The highest BCUT2D eigenvalue weighted by Gasteiger charge is 2.19. The van der Waals surface area contributed by atoms with E-state index < -0.39 is 6.10 Å². The fourth-order valence-electron chi connectivity index (χ4n) is 1.78. The Kier molecular flexibility index (Phi) is 6.03. The van der Waals surface area contributed by atoms with Crippen LogP contribution in [0.5, 0.6) is 5.75 Å². The number of nitrogens with one attached hydrogen (secondary N) is 1. The molecule has 0 aliphatic carbocycles. The summed E-state index contributed by atoms with van der Waals surface area (Å²) in [5.41, 5.74) is 2.46. The molecular formula is C16H17ClN2O3. The van der Waals surface area contributed by atoms with E-state index >= 15 is 0 Å². The van der Waals surface area contributed by atoms with Crippen molar-refractivity contribution in [1.82, 2.24) is 5.43 Å². The SMILES string of the molecule is CCCC(Oc1ccc(Cl)cc1)C(=O)NN=Cc1ccco1. The molecule has 1 amide bonds. The van der Waals surface area contributed by atoms with Gasteiger partial charge in [0.2, 0.25) is 0 Å². The standard InChI is InChI=1S/C16H17ClN2O3/c1-2-4-15(22-13-8-6-12(17)7-9-13)16(20)19-18-11-14-5-3-10-21-14/h3,5-11,15H,2,4H2,1H3,(H,19,20). The van der Waals surface area contributed by atoms with E-state index in [1.54, 1.807) is 36.4 Å². The summed E-state index contributed by atoms with van der Waals surface area (Å²) in [7, 11) is 0. The molecule has 1 aromatic heterocycles. The number of halogens is 1. The summed E-state index contributed by atoms with van der Waals surface area (Å²) in [4.78, 5) is 12.1. The number of ether oxygens (including phenoxy) is 1. The van der Waals surface area contributed by atoms with Gasteiger partial charge in [-0.05, 0) is 42.8 Å². The first-order valence-corrected chi connectivity index (χ1v) is 7.35. The number of hydrogen-bond donors (Lipinski definition) is 1. The van der Waals surface area contributed by atoms with Crippen molar-refractivity contribution in [3.63, 3.8) is 0 Å². The third-order valence-electron chi connectivity index (χ3n) is 2.84. The molecule has 6 heteroatoms. The molecule has 116 valence electrons. The van der Waals surface area contributed by atoms with Crippen LogP contribution < -0.4 is 10.2 Å². The van der Waals surface area contributed by atoms with Gasteiger partial charge in [-0.25, -0.2) is 5.43 Å². The van der Waals surface area contributed by atoms with Gasteiger partial charge in [-0.2, -0.15) is 5.10 Å². The number of hydrogen-bond acceptors (Lipinski definition) is 4. The predicted molar refractivity (Wildman–Crippen MR) is 85.2 cm³/mol. The number of nitrogens with zero attached hydrogens (tertiary/aromatic N) is 1. The third-order valence-corrected chi connectivity index (χ3v) is 3.10. The summed E-state index contributed by atoms with van der Waals surface area (Å²) in [6.45, 7) is 1.98. The second kappa shape index (κ2) is 8.24. The van der Waals surface area contributed by atoms with Crippen molar-refractivity contribution in [3.8, 4) is 5.75 Å². The monoisotopic (exact) mass is 320 g/mol. The van der Waals surface area contributed by atoms with Crippen LogP contribution in [0.1, 0.15) is 25.5 Å². The van der Waals surface area contributed by atoms with Crippen LogP contribution in [0.15, 0.2) is 52.2 Å². The van der Waals surface area contributed by atoms with Gasteiger partial charge in [0, 0.05) is 5.02 Å². The van der Waals surface area contributed by atoms with Crippen molar-refractivity contribution < 1.29 is 13.9 Å². The minimum atomic E-state index is -0.611. The lowest BCUT2D eigenvalue weighted by molar-refractivity contribution is -0.128. The molecule has 1 aromatic carbocycles. The summed E-state index contributed by atoms with van der Waals surface area (Å²) >= 11 is 5.83. The molecule has 0 aliphatic heterocycles. The summed E-state index contributed by atoms with van der Waals surface area (Å²) in [6, 6.07) is 10.4. The van der Waals surface area contributed by atoms with Crippen LogP contribution in [0, 0.1) is 0 Å². The van der Waals surface area contributed by atoms with Gasteiger partial charge in [0.05, 0.1) is 12.5 Å². The maximum Gasteiger partial charge on any atom is 0.281 e. The molecule has 0 aliphatic rings. The first-order chi connectivity index (χ1) is 10.7. The summed E-state index contributed by atoms with van der Waals surface area (Å²) < 4.78 is 10.8. The zero-order valence-electron chi connectivity index (χ0n) is 12.2. The van der Waals surface area contributed by atoms with E-state index in [9.17, 15) is 4.79 Å². The van der Waals surface area contributed by atoms with E-state index in [0.717, 1.165) is 6.42 Å². The number of carbonyl (C=O) groups is 1. The minimum Gasteiger partial charge on any atom is -0.481 e. The molecule has 1 N–H and O–H groups in total. The van der Waals surface area contributed by atoms with Gasteiger partial charge < -0.3 is 9.15 Å². The molecule has 2 rings (SSSR count). The molecule has 0 radical (unpaired) electrons. The molecule has 0 fully saturated rings. The van der Waals surface area contributed by atoms with Gasteiger partial charge in [0.25, 0.3) is 5.91 Å². The molecule has 2 aromatic rings. The number of amides is 1. The largest absolute Gasteiger partial charge is 0.481 e. The molecule has 22 heavy (non-hydrogen) atoms. The molecule has 0 saturated carbocycles. The number of furan rings is 1. The van der Waals surface area contributed by atoms with Gasteiger partial charge in [-0.3, -0.25) is 4.79 Å². The maximum absolute atomic E-state index is 12.1. The molecule has 5 nitrogen and oxygen atoms in total. The lowest BCUT2D eigenvalue weighted by Gasteiger charge is -2.16. The van der Waals surface area contributed by atoms with Gasteiger partial charge in [-0.1, -0.05) is 24.9 Å². The normalized spacial score (nSPS) is 12.3. The first kappa shape index (κ1) is 16.1. The Morgan fingerprint density at radius 2 is 2.18 bits per heavy atom. The fraction of sp³-hybridized carbons (Fsp3) is 0.250. The van der Waals surface area contributed by atoms with Crippen molar-refractivity contribution in [1.29, 1.82) is 0 Å². The number of carbonyl (C=O) groups excluding carboxylic acids is 1. The second-order valence-corrected chi connectivity index (χ2v) is 5.04. The van der Waals surface area contributed by atoms with Gasteiger partial charge in [-0.15, -0.1) is 0 Å². The highest BCUT2D eigenvalue weighted by Crippen LogP contribution is 2.18. The van der Waals surface area contributed by atoms with Crippen LogP contribution >= 0.6 is 11.6 Å². The van der Waals surface area contributed by atoms with Crippen molar-refractivity contribution in [2.24, 2.45) is 5.10 Å². The Morgan fingerprint density at radius 1 is 1.41 bits per heavy atom. The van der Waals surface area contributed by atoms with Crippen LogP contribution in [-0.4, -0.2) is 18.2 Å². The average molecular weight is 321 g/mol. The zero-order valence-corrected chi connectivity index (χ0v) is 12.9. The van der Waals surface area contributed by atoms with Crippen LogP contribution in [0.2, 0.25) is 5.02 Å². The average Bonchev–Trinajstić information content (AvgIpc) is 3.02. The highest BCUT2D eigenvalue weighted by atomic mass is 35.5. The minimum absolute atomic E-state index is 0.306.